The summed E-state index contributed by atoms with van der Waals surface area (Å²) in [6.07, 6.45) is 5.54. The molecule has 0 saturated carbocycles. The lowest BCUT2D eigenvalue weighted by Gasteiger charge is -2.00. The third kappa shape index (κ3) is 5.70. The van der Waals surface area contributed by atoms with Crippen LogP contribution in [-0.4, -0.2) is 11.7 Å². The fourth-order valence-corrected chi connectivity index (χ4v) is 1.66. The van der Waals surface area contributed by atoms with Crippen LogP contribution in [0, 0.1) is 11.8 Å². The molecule has 1 aromatic rings. The number of unbranched alkanes of at least 4 members (excludes halogenated alkanes) is 2. The summed E-state index contributed by atoms with van der Waals surface area (Å²) >= 11 is 0. The zero-order chi connectivity index (χ0) is 13.2. The lowest BCUT2D eigenvalue weighted by Crippen LogP contribution is -1.86. The van der Waals surface area contributed by atoms with Crippen LogP contribution in [0.4, 0.5) is 0 Å². The van der Waals surface area contributed by atoms with E-state index in [0.717, 1.165) is 17.6 Å². The van der Waals surface area contributed by atoms with E-state index >= 15 is 0 Å². The van der Waals surface area contributed by atoms with E-state index in [0.29, 0.717) is 6.42 Å². The fourth-order valence-electron chi connectivity index (χ4n) is 1.66. The maximum atomic E-state index is 8.80. The normalized spacial score (nSPS) is 9.67. The van der Waals surface area contributed by atoms with Crippen molar-refractivity contribution in [2.24, 2.45) is 0 Å². The summed E-state index contributed by atoms with van der Waals surface area (Å²) in [4.78, 5) is 0. The summed E-state index contributed by atoms with van der Waals surface area (Å²) in [7, 11) is 0. The van der Waals surface area contributed by atoms with Crippen LogP contribution >= 0.6 is 0 Å². The first-order valence-electron chi connectivity index (χ1n) is 6.61. The highest BCUT2D eigenvalue weighted by atomic mass is 16.3. The molecule has 0 fully saturated rings. The first kappa shape index (κ1) is 14.5. The Bertz CT molecular complexity index is 417. The molecule has 1 rings (SSSR count). The van der Waals surface area contributed by atoms with E-state index in [4.69, 9.17) is 5.11 Å². The van der Waals surface area contributed by atoms with Gasteiger partial charge in [-0.25, -0.2) is 0 Å². The molecule has 0 aromatic heterocycles. The van der Waals surface area contributed by atoms with Crippen molar-refractivity contribution in [2.45, 2.75) is 39.0 Å². The van der Waals surface area contributed by atoms with E-state index in [1.807, 2.05) is 0 Å². The van der Waals surface area contributed by atoms with Crippen molar-refractivity contribution in [3.05, 3.63) is 47.5 Å². The third-order valence-electron chi connectivity index (χ3n) is 2.82. The minimum absolute atomic E-state index is 0.0189. The van der Waals surface area contributed by atoms with Gasteiger partial charge in [-0.2, -0.15) is 0 Å². The summed E-state index contributed by atoms with van der Waals surface area (Å²) in [6, 6.07) is 8.44. The molecule has 0 spiro atoms. The van der Waals surface area contributed by atoms with Crippen LogP contribution in [0.1, 0.15) is 43.7 Å². The molecule has 0 aliphatic rings. The Balaban J connectivity index is 2.47. The zero-order valence-electron chi connectivity index (χ0n) is 11.2. The molecule has 1 aromatic carbocycles. The monoisotopic (exact) mass is 242 g/mol. The van der Waals surface area contributed by atoms with Gasteiger partial charge in [0.1, 0.15) is 0 Å². The molecule has 0 amide bonds. The molecule has 0 aliphatic heterocycles. The second kappa shape index (κ2) is 8.55. The average molecular weight is 242 g/mol. The molecule has 0 bridgehead atoms. The Kier molecular flexibility index (Phi) is 6.91. The van der Waals surface area contributed by atoms with E-state index in [9.17, 15) is 0 Å². The molecule has 1 N–H and O–H groups in total. The van der Waals surface area contributed by atoms with Gasteiger partial charge in [0, 0.05) is 12.0 Å². The fraction of sp³-hybridized carbons (Fsp3) is 0.412. The van der Waals surface area contributed by atoms with Gasteiger partial charge in [0.05, 0.1) is 6.61 Å². The number of aliphatic hydroxyl groups is 1. The quantitative estimate of drug-likeness (QED) is 0.458. The minimum atomic E-state index is 0.0189. The second-order valence-corrected chi connectivity index (χ2v) is 4.54. The minimum Gasteiger partial charge on any atom is -0.392 e. The first-order valence-corrected chi connectivity index (χ1v) is 6.61. The first-order chi connectivity index (χ1) is 8.76. The van der Waals surface area contributed by atoms with Crippen LogP contribution in [0.3, 0.4) is 0 Å². The Hall–Kier alpha value is -1.52. The summed E-state index contributed by atoms with van der Waals surface area (Å²) in [6.45, 7) is 5.95. The van der Waals surface area contributed by atoms with Gasteiger partial charge in [0.15, 0.2) is 0 Å². The van der Waals surface area contributed by atoms with Crippen molar-refractivity contribution in [1.82, 2.24) is 0 Å². The molecule has 0 unspecified atom stereocenters. The maximum Gasteiger partial charge on any atom is 0.0648 e. The van der Waals surface area contributed by atoms with E-state index in [-0.39, 0.29) is 6.61 Å². The van der Waals surface area contributed by atoms with E-state index in [2.05, 4.69) is 49.6 Å². The molecule has 0 heterocycles. The van der Waals surface area contributed by atoms with Gasteiger partial charge < -0.3 is 5.11 Å². The topological polar surface area (TPSA) is 20.2 Å². The highest BCUT2D eigenvalue weighted by molar-refractivity contribution is 5.36. The average Bonchev–Trinajstić information content (AvgIpc) is 2.40. The molecule has 0 radical (unpaired) electrons. The standard InChI is InChI=1S/C17H22O/c1-3-4-5-8-16-10-12-17(13-11-16)9-6-7-15(2)14-18/h10-13,18H,2-5,7-8,14H2,1H3. The number of hydrogen-bond donors (Lipinski definition) is 1. The van der Waals surface area contributed by atoms with Crippen LogP contribution in [0.25, 0.3) is 0 Å². The van der Waals surface area contributed by atoms with Gasteiger partial charge in [0.25, 0.3) is 0 Å². The van der Waals surface area contributed by atoms with Gasteiger partial charge in [0.2, 0.25) is 0 Å². The van der Waals surface area contributed by atoms with Gasteiger partial charge in [-0.15, -0.1) is 0 Å². The molecular weight excluding hydrogens is 220 g/mol. The Morgan fingerprint density at radius 3 is 2.56 bits per heavy atom. The molecule has 0 atom stereocenters. The largest absolute Gasteiger partial charge is 0.392 e. The highest BCUT2D eigenvalue weighted by Gasteiger charge is 1.93. The number of aliphatic hydroxyl groups excluding tert-OH is 1. The molecule has 96 valence electrons. The molecule has 1 heteroatoms. The van der Waals surface area contributed by atoms with Crippen molar-refractivity contribution >= 4 is 0 Å². The second-order valence-electron chi connectivity index (χ2n) is 4.54. The molecule has 18 heavy (non-hydrogen) atoms. The third-order valence-corrected chi connectivity index (χ3v) is 2.82. The van der Waals surface area contributed by atoms with Crippen LogP contribution in [-0.2, 0) is 6.42 Å². The lowest BCUT2D eigenvalue weighted by molar-refractivity contribution is 0.330. The van der Waals surface area contributed by atoms with Crippen LogP contribution < -0.4 is 0 Å². The number of hydrogen-bond acceptors (Lipinski definition) is 1. The Morgan fingerprint density at radius 1 is 1.22 bits per heavy atom. The van der Waals surface area contributed by atoms with E-state index < -0.39 is 0 Å². The van der Waals surface area contributed by atoms with Gasteiger partial charge in [-0.05, 0) is 36.1 Å². The number of aryl methyl sites for hydroxylation is 1. The van der Waals surface area contributed by atoms with Crippen molar-refractivity contribution in [2.75, 3.05) is 6.61 Å². The predicted octanol–water partition coefficient (Wildman–Crippen LogP) is 3.71. The molecular formula is C17H22O. The van der Waals surface area contributed by atoms with Crippen molar-refractivity contribution in [3.63, 3.8) is 0 Å². The van der Waals surface area contributed by atoms with Crippen LogP contribution in [0.2, 0.25) is 0 Å². The van der Waals surface area contributed by atoms with Gasteiger partial charge in [-0.1, -0.05) is 50.3 Å². The lowest BCUT2D eigenvalue weighted by atomic mass is 10.1. The summed E-state index contributed by atoms with van der Waals surface area (Å²) in [5.74, 6) is 6.10. The zero-order valence-corrected chi connectivity index (χ0v) is 11.2. The van der Waals surface area contributed by atoms with Crippen molar-refractivity contribution in [1.29, 1.82) is 0 Å². The van der Waals surface area contributed by atoms with Crippen LogP contribution in [0.5, 0.6) is 0 Å². The summed E-state index contributed by atoms with van der Waals surface area (Å²) in [5.41, 5.74) is 3.17. The van der Waals surface area contributed by atoms with E-state index in [1.54, 1.807) is 0 Å². The predicted molar refractivity (Wildman–Crippen MR) is 77.4 cm³/mol. The van der Waals surface area contributed by atoms with Gasteiger partial charge in [-0.3, -0.25) is 0 Å². The van der Waals surface area contributed by atoms with Gasteiger partial charge >= 0.3 is 0 Å². The maximum absolute atomic E-state index is 8.80. The highest BCUT2D eigenvalue weighted by Crippen LogP contribution is 2.08. The Labute approximate surface area is 111 Å². The Morgan fingerprint density at radius 2 is 1.94 bits per heavy atom. The number of benzene rings is 1. The molecule has 0 saturated heterocycles. The smallest absolute Gasteiger partial charge is 0.0648 e. The van der Waals surface area contributed by atoms with Crippen LogP contribution in [0.15, 0.2) is 36.4 Å². The summed E-state index contributed by atoms with van der Waals surface area (Å²) in [5, 5.41) is 8.80. The number of rotatable bonds is 6. The SMILES string of the molecule is C=C(CO)CC#Cc1ccc(CCCCC)cc1. The molecule has 1 nitrogen and oxygen atoms in total. The molecule has 0 aliphatic carbocycles. The van der Waals surface area contributed by atoms with Crippen molar-refractivity contribution in [3.8, 4) is 11.8 Å². The van der Waals surface area contributed by atoms with Crippen molar-refractivity contribution < 1.29 is 5.11 Å². The van der Waals surface area contributed by atoms with E-state index in [1.165, 1.54) is 24.8 Å². The summed E-state index contributed by atoms with van der Waals surface area (Å²) < 4.78 is 0.